The zero-order valence-corrected chi connectivity index (χ0v) is 26.7. The van der Waals surface area contributed by atoms with Crippen LogP contribution in [0.15, 0.2) is 64.3 Å². The highest BCUT2D eigenvalue weighted by atomic mass is 79.9. The summed E-state index contributed by atoms with van der Waals surface area (Å²) in [6.45, 7) is 13.2. The lowest BCUT2D eigenvalue weighted by Crippen LogP contribution is -2.31. The highest BCUT2D eigenvalue weighted by molar-refractivity contribution is 9.10. The Bertz CT molecular complexity index is 1700. The van der Waals surface area contributed by atoms with E-state index in [0.29, 0.717) is 64.4 Å². The molecular formula is C32H35BrN6O4. The number of benzene rings is 3. The number of carbonyl (C=O) groups excluding carboxylic acids is 1. The number of nitrogens with zero attached hydrogens (tertiary/aromatic N) is 4. The number of carbonyl (C=O) groups is 1. The molecule has 0 radical (unpaired) electrons. The van der Waals surface area contributed by atoms with Crippen LogP contribution in [0.3, 0.4) is 0 Å². The van der Waals surface area contributed by atoms with Gasteiger partial charge in [0.1, 0.15) is 18.4 Å². The van der Waals surface area contributed by atoms with Crippen LogP contribution in [0.2, 0.25) is 0 Å². The van der Waals surface area contributed by atoms with E-state index < -0.39 is 6.04 Å². The van der Waals surface area contributed by atoms with Crippen LogP contribution in [-0.2, 0) is 11.4 Å². The number of rotatable bonds is 10. The Hall–Kier alpha value is -4.38. The van der Waals surface area contributed by atoms with E-state index in [1.165, 1.54) is 11.1 Å². The van der Waals surface area contributed by atoms with E-state index in [2.05, 4.69) is 75.0 Å². The molecule has 11 heteroatoms. The van der Waals surface area contributed by atoms with E-state index in [9.17, 15) is 4.79 Å². The molecule has 1 amide bonds. The molecule has 1 unspecified atom stereocenters. The minimum Gasteiger partial charge on any atom is -0.492 e. The number of halogens is 1. The van der Waals surface area contributed by atoms with Crippen LogP contribution < -0.4 is 24.8 Å². The summed E-state index contributed by atoms with van der Waals surface area (Å²) in [5.41, 5.74) is 7.09. The summed E-state index contributed by atoms with van der Waals surface area (Å²) in [6.07, 6.45) is 0. The molecule has 10 nitrogen and oxygen atoms in total. The zero-order chi connectivity index (χ0) is 30.7. The number of hydrogen-bond acceptors (Lipinski definition) is 8. The fourth-order valence-electron chi connectivity index (χ4n) is 5.13. The van der Waals surface area contributed by atoms with Gasteiger partial charge < -0.3 is 24.8 Å². The maximum absolute atomic E-state index is 13.9. The van der Waals surface area contributed by atoms with Crippen molar-refractivity contribution in [2.24, 2.45) is 0 Å². The minimum absolute atomic E-state index is 0.317. The highest BCUT2D eigenvalue weighted by Gasteiger charge is 2.35. The average molecular weight is 648 g/mol. The number of aromatic nitrogens is 4. The van der Waals surface area contributed by atoms with Gasteiger partial charge in [0.15, 0.2) is 11.5 Å². The molecule has 5 rings (SSSR count). The minimum atomic E-state index is -0.656. The lowest BCUT2D eigenvalue weighted by Gasteiger charge is -2.29. The highest BCUT2D eigenvalue weighted by Crippen LogP contribution is 2.43. The van der Waals surface area contributed by atoms with Crippen molar-refractivity contribution < 1.29 is 19.0 Å². The van der Waals surface area contributed by atoms with Crippen molar-refractivity contribution in [1.29, 1.82) is 0 Å². The van der Waals surface area contributed by atoms with Crippen LogP contribution in [0.25, 0.3) is 0 Å². The van der Waals surface area contributed by atoms with Crippen molar-refractivity contribution in [2.75, 3.05) is 23.8 Å². The Morgan fingerprint density at radius 1 is 0.953 bits per heavy atom. The van der Waals surface area contributed by atoms with Crippen LogP contribution in [0, 0.1) is 20.8 Å². The molecule has 0 saturated heterocycles. The molecule has 0 aliphatic carbocycles. The first kappa shape index (κ1) is 30.1. The van der Waals surface area contributed by atoms with Crippen molar-refractivity contribution in [3.8, 4) is 17.2 Å². The maximum atomic E-state index is 13.9. The molecule has 0 fully saturated rings. The third kappa shape index (κ3) is 6.22. The second kappa shape index (κ2) is 12.9. The molecule has 0 bridgehead atoms. The Kier molecular flexibility index (Phi) is 9.00. The Labute approximate surface area is 259 Å². The first-order valence-corrected chi connectivity index (χ1v) is 15.0. The number of nitrogens with one attached hydrogen (secondary N) is 2. The van der Waals surface area contributed by atoms with Gasteiger partial charge >= 0.3 is 0 Å². The molecule has 224 valence electrons. The third-order valence-electron chi connectivity index (χ3n) is 7.37. The van der Waals surface area contributed by atoms with Gasteiger partial charge in [-0.25, -0.2) is 0 Å². The number of hydrogen-bond donors (Lipinski definition) is 2. The number of fused-ring (bicyclic) bond motifs is 1. The predicted octanol–water partition coefficient (Wildman–Crippen LogP) is 6.66. The number of allylic oxidation sites excluding steroid dienone is 1. The normalized spacial score (nSPS) is 14.2. The molecule has 1 aliphatic heterocycles. The van der Waals surface area contributed by atoms with Crippen LogP contribution in [0.5, 0.6) is 17.2 Å². The fraction of sp³-hybridized carbons (Fsp3) is 0.312. The Morgan fingerprint density at radius 2 is 1.67 bits per heavy atom. The van der Waals surface area contributed by atoms with Gasteiger partial charge in [-0.2, -0.15) is 4.68 Å². The summed E-state index contributed by atoms with van der Waals surface area (Å²) in [5, 5.41) is 18.4. The summed E-state index contributed by atoms with van der Waals surface area (Å²) in [7, 11) is 0. The molecule has 2 N–H and O–H groups in total. The first-order valence-electron chi connectivity index (χ1n) is 14.2. The van der Waals surface area contributed by atoms with Crippen molar-refractivity contribution in [1.82, 2.24) is 20.2 Å². The fourth-order valence-corrected chi connectivity index (χ4v) is 5.70. The van der Waals surface area contributed by atoms with Crippen molar-refractivity contribution in [2.45, 2.75) is 54.2 Å². The largest absolute Gasteiger partial charge is 0.492 e. The lowest BCUT2D eigenvalue weighted by molar-refractivity contribution is -0.113. The zero-order valence-electron chi connectivity index (χ0n) is 25.1. The van der Waals surface area contributed by atoms with Gasteiger partial charge in [-0.3, -0.25) is 4.79 Å². The average Bonchev–Trinajstić information content (AvgIpc) is 3.43. The van der Waals surface area contributed by atoms with E-state index >= 15 is 0 Å². The van der Waals surface area contributed by atoms with Gasteiger partial charge in [0.25, 0.3) is 5.91 Å². The summed E-state index contributed by atoms with van der Waals surface area (Å²) >= 11 is 3.72. The van der Waals surface area contributed by atoms with Gasteiger partial charge in [0.05, 0.1) is 28.9 Å². The molecule has 1 atom stereocenters. The number of tetrazole rings is 1. The van der Waals surface area contributed by atoms with Crippen molar-refractivity contribution in [3.63, 3.8) is 0 Å². The number of para-hydroxylation sites is 2. The van der Waals surface area contributed by atoms with E-state index in [1.54, 1.807) is 10.7 Å². The molecule has 1 aliphatic rings. The van der Waals surface area contributed by atoms with E-state index in [4.69, 9.17) is 14.2 Å². The molecule has 43 heavy (non-hydrogen) atoms. The second-order valence-corrected chi connectivity index (χ2v) is 11.2. The van der Waals surface area contributed by atoms with Gasteiger partial charge in [-0.05, 0) is 120 Å². The lowest BCUT2D eigenvalue weighted by atomic mass is 9.94. The molecular weight excluding hydrogens is 612 g/mol. The standard InChI is InChI=1S/C32H35BrN6O4/c1-7-41-26-12-10-9-11-25(26)35-31(40)28-21(6)34-32-36-37-38-39(32)29(28)22-15-24(33)30(27(16-22)42-8-2)43-17-23-14-19(4)18(3)13-20(23)5/h9-16,29H,7-8,17H2,1-6H3,(H,35,40)(H,34,36,38). The van der Waals surface area contributed by atoms with Crippen LogP contribution in [-0.4, -0.2) is 39.3 Å². The monoisotopic (exact) mass is 646 g/mol. The summed E-state index contributed by atoms with van der Waals surface area (Å²) < 4.78 is 20.4. The van der Waals surface area contributed by atoms with Gasteiger partial charge in [-0.15, -0.1) is 0 Å². The van der Waals surface area contributed by atoms with Crippen LogP contribution >= 0.6 is 15.9 Å². The maximum Gasteiger partial charge on any atom is 0.255 e. The molecule has 4 aromatic rings. The molecule has 0 spiro atoms. The van der Waals surface area contributed by atoms with Crippen molar-refractivity contribution >= 4 is 33.5 Å². The first-order chi connectivity index (χ1) is 20.7. The predicted molar refractivity (Wildman–Crippen MR) is 169 cm³/mol. The van der Waals surface area contributed by atoms with E-state index in [1.807, 2.05) is 51.1 Å². The smallest absolute Gasteiger partial charge is 0.255 e. The second-order valence-electron chi connectivity index (χ2n) is 10.3. The number of anilines is 2. The third-order valence-corrected chi connectivity index (χ3v) is 7.95. The Morgan fingerprint density at radius 3 is 2.44 bits per heavy atom. The quantitative estimate of drug-likeness (QED) is 0.197. The topological polar surface area (TPSA) is 112 Å². The number of ether oxygens (including phenoxy) is 3. The van der Waals surface area contributed by atoms with Gasteiger partial charge in [0.2, 0.25) is 5.95 Å². The van der Waals surface area contributed by atoms with E-state index in [0.717, 1.165) is 16.7 Å². The van der Waals surface area contributed by atoms with Crippen LogP contribution in [0.1, 0.15) is 54.6 Å². The summed E-state index contributed by atoms with van der Waals surface area (Å²) in [6, 6.07) is 14.8. The van der Waals surface area contributed by atoms with Gasteiger partial charge in [-0.1, -0.05) is 29.4 Å². The number of amides is 1. The van der Waals surface area contributed by atoms with Crippen LogP contribution in [0.4, 0.5) is 11.6 Å². The molecule has 1 aromatic heterocycles. The van der Waals surface area contributed by atoms with Gasteiger partial charge in [0, 0.05) is 5.70 Å². The summed E-state index contributed by atoms with van der Waals surface area (Å²) in [4.78, 5) is 13.9. The molecule has 0 saturated carbocycles. The van der Waals surface area contributed by atoms with E-state index in [-0.39, 0.29) is 5.91 Å². The molecule has 3 aromatic carbocycles. The number of aryl methyl sites for hydroxylation is 3. The SMILES string of the molecule is CCOc1ccccc1NC(=O)C1=C(C)Nc2nnnn2C1c1cc(Br)c(OCc2cc(C)c(C)cc2C)c(OCC)c1. The molecule has 2 heterocycles. The van der Waals surface area contributed by atoms with Crippen molar-refractivity contribution in [3.05, 3.63) is 92.1 Å². The Balaban J connectivity index is 1.53. The summed E-state index contributed by atoms with van der Waals surface area (Å²) in [5.74, 6) is 1.81.